The molecule has 1 rings (SSSR count). The number of aliphatic hydroxyl groups excluding tert-OH is 1. The van der Waals surface area contributed by atoms with Crippen LogP contribution in [0.4, 0.5) is 0 Å². The standard InChI is InChI=1S/C15H20N2O5/c1-10(19)16-12(11-6-4-3-5-7-11)8-14(20)17-13(9-18)15(21)22-2/h3-7,12-13,18H,8-9H2,1-2H3,(H,16,19)(H,17,20)/t12-,13-/m1/s1. The first-order valence-electron chi connectivity index (χ1n) is 6.78. The lowest BCUT2D eigenvalue weighted by Crippen LogP contribution is -2.45. The summed E-state index contributed by atoms with van der Waals surface area (Å²) in [6.45, 7) is 0.799. The maximum absolute atomic E-state index is 12.0. The molecule has 0 bridgehead atoms. The molecule has 0 aliphatic carbocycles. The van der Waals surface area contributed by atoms with Gasteiger partial charge in [-0.2, -0.15) is 0 Å². The molecule has 22 heavy (non-hydrogen) atoms. The number of rotatable bonds is 7. The quantitative estimate of drug-likeness (QED) is 0.610. The number of nitrogens with one attached hydrogen (secondary N) is 2. The van der Waals surface area contributed by atoms with Crippen LogP contribution in [0.1, 0.15) is 24.9 Å². The lowest BCUT2D eigenvalue weighted by Gasteiger charge is -2.20. The van der Waals surface area contributed by atoms with Gasteiger partial charge in [0.15, 0.2) is 6.04 Å². The number of hydrogen-bond acceptors (Lipinski definition) is 5. The Morgan fingerprint density at radius 1 is 1.18 bits per heavy atom. The minimum absolute atomic E-state index is 0.0584. The number of carbonyl (C=O) groups is 3. The Labute approximate surface area is 128 Å². The molecule has 0 aromatic heterocycles. The fraction of sp³-hybridized carbons (Fsp3) is 0.400. The Bertz CT molecular complexity index is 518. The van der Waals surface area contributed by atoms with Gasteiger partial charge in [0.25, 0.3) is 0 Å². The van der Waals surface area contributed by atoms with Crippen LogP contribution in [0.2, 0.25) is 0 Å². The topological polar surface area (TPSA) is 105 Å². The van der Waals surface area contributed by atoms with E-state index >= 15 is 0 Å². The molecule has 7 nitrogen and oxygen atoms in total. The van der Waals surface area contributed by atoms with E-state index in [1.807, 2.05) is 6.07 Å². The van der Waals surface area contributed by atoms with E-state index in [0.717, 1.165) is 5.56 Å². The number of esters is 1. The van der Waals surface area contributed by atoms with Gasteiger partial charge >= 0.3 is 5.97 Å². The van der Waals surface area contributed by atoms with Gasteiger partial charge in [0.05, 0.1) is 26.2 Å². The molecule has 2 amide bonds. The Morgan fingerprint density at radius 3 is 2.32 bits per heavy atom. The van der Waals surface area contributed by atoms with E-state index < -0.39 is 30.6 Å². The summed E-state index contributed by atoms with van der Waals surface area (Å²) in [6, 6.07) is 7.37. The molecule has 0 saturated heterocycles. The van der Waals surface area contributed by atoms with E-state index in [1.165, 1.54) is 14.0 Å². The van der Waals surface area contributed by atoms with Crippen molar-refractivity contribution in [3.05, 3.63) is 35.9 Å². The Balaban J connectivity index is 2.75. The van der Waals surface area contributed by atoms with E-state index in [4.69, 9.17) is 5.11 Å². The fourth-order valence-electron chi connectivity index (χ4n) is 1.94. The smallest absolute Gasteiger partial charge is 0.330 e. The predicted molar refractivity (Wildman–Crippen MR) is 78.6 cm³/mol. The molecular formula is C15H20N2O5. The number of carbonyl (C=O) groups excluding carboxylic acids is 3. The van der Waals surface area contributed by atoms with Gasteiger partial charge in [-0.05, 0) is 5.56 Å². The van der Waals surface area contributed by atoms with Gasteiger partial charge < -0.3 is 20.5 Å². The van der Waals surface area contributed by atoms with E-state index in [9.17, 15) is 14.4 Å². The Kier molecular flexibility index (Phi) is 7.04. The molecule has 1 aromatic carbocycles. The Morgan fingerprint density at radius 2 is 1.82 bits per heavy atom. The number of hydrogen-bond donors (Lipinski definition) is 3. The van der Waals surface area contributed by atoms with Gasteiger partial charge in [-0.15, -0.1) is 0 Å². The SMILES string of the molecule is COC(=O)[C@@H](CO)NC(=O)C[C@@H](NC(C)=O)c1ccccc1. The van der Waals surface area contributed by atoms with Gasteiger partial charge in [0.1, 0.15) is 0 Å². The highest BCUT2D eigenvalue weighted by molar-refractivity contribution is 5.85. The van der Waals surface area contributed by atoms with E-state index in [0.29, 0.717) is 0 Å². The first kappa shape index (κ1) is 17.6. The van der Waals surface area contributed by atoms with Crippen molar-refractivity contribution in [3.63, 3.8) is 0 Å². The fourth-order valence-corrected chi connectivity index (χ4v) is 1.94. The highest BCUT2D eigenvalue weighted by Crippen LogP contribution is 2.16. The highest BCUT2D eigenvalue weighted by atomic mass is 16.5. The zero-order valence-corrected chi connectivity index (χ0v) is 12.5. The summed E-state index contributed by atoms with van der Waals surface area (Å²) in [4.78, 5) is 34.6. The van der Waals surface area contributed by atoms with Crippen LogP contribution < -0.4 is 10.6 Å². The first-order valence-corrected chi connectivity index (χ1v) is 6.78. The second-order valence-corrected chi connectivity index (χ2v) is 4.69. The molecule has 7 heteroatoms. The van der Waals surface area contributed by atoms with Crippen LogP contribution in [-0.2, 0) is 19.1 Å². The monoisotopic (exact) mass is 308 g/mol. The van der Waals surface area contributed by atoms with Crippen LogP contribution in [0.5, 0.6) is 0 Å². The van der Waals surface area contributed by atoms with Crippen LogP contribution in [0.15, 0.2) is 30.3 Å². The molecule has 1 aromatic rings. The third-order valence-corrected chi connectivity index (χ3v) is 2.97. The van der Waals surface area contributed by atoms with E-state index in [1.54, 1.807) is 24.3 Å². The molecule has 2 atom stereocenters. The zero-order chi connectivity index (χ0) is 16.5. The van der Waals surface area contributed by atoms with Crippen LogP contribution in [0.3, 0.4) is 0 Å². The summed E-state index contributed by atoms with van der Waals surface area (Å²) in [6.07, 6.45) is -0.0584. The molecular weight excluding hydrogens is 288 g/mol. The zero-order valence-electron chi connectivity index (χ0n) is 12.5. The number of ether oxygens (including phenoxy) is 1. The maximum Gasteiger partial charge on any atom is 0.330 e. The Hall–Kier alpha value is -2.41. The minimum atomic E-state index is -1.12. The number of methoxy groups -OCH3 is 1. The molecule has 0 spiro atoms. The van der Waals surface area contributed by atoms with Crippen molar-refractivity contribution < 1.29 is 24.2 Å². The van der Waals surface area contributed by atoms with Crippen molar-refractivity contribution >= 4 is 17.8 Å². The van der Waals surface area contributed by atoms with Crippen molar-refractivity contribution in [3.8, 4) is 0 Å². The van der Waals surface area contributed by atoms with E-state index in [2.05, 4.69) is 15.4 Å². The third-order valence-electron chi connectivity index (χ3n) is 2.97. The number of benzene rings is 1. The molecule has 0 aliphatic rings. The number of aliphatic hydroxyl groups is 1. The molecule has 0 heterocycles. The molecule has 3 N–H and O–H groups in total. The van der Waals surface area contributed by atoms with Crippen LogP contribution >= 0.6 is 0 Å². The van der Waals surface area contributed by atoms with E-state index in [-0.39, 0.29) is 12.3 Å². The number of amides is 2. The summed E-state index contributed by atoms with van der Waals surface area (Å²) in [7, 11) is 1.17. The molecule has 0 unspecified atom stereocenters. The summed E-state index contributed by atoms with van der Waals surface area (Å²) in [5.41, 5.74) is 0.770. The normalized spacial score (nSPS) is 12.9. The highest BCUT2D eigenvalue weighted by Gasteiger charge is 2.23. The van der Waals surface area contributed by atoms with Gasteiger partial charge in [0, 0.05) is 6.92 Å². The van der Waals surface area contributed by atoms with Crippen molar-refractivity contribution in [1.29, 1.82) is 0 Å². The second kappa shape index (κ2) is 8.78. The van der Waals surface area contributed by atoms with Crippen LogP contribution in [-0.4, -0.2) is 42.6 Å². The van der Waals surface area contributed by atoms with Crippen LogP contribution in [0.25, 0.3) is 0 Å². The maximum atomic E-state index is 12.0. The van der Waals surface area contributed by atoms with Crippen molar-refractivity contribution in [2.45, 2.75) is 25.4 Å². The average Bonchev–Trinajstić information content (AvgIpc) is 2.51. The second-order valence-electron chi connectivity index (χ2n) is 4.69. The predicted octanol–water partition coefficient (Wildman–Crippen LogP) is -0.0960. The molecule has 0 saturated carbocycles. The van der Waals surface area contributed by atoms with Gasteiger partial charge in [-0.25, -0.2) is 4.79 Å². The molecule has 120 valence electrons. The van der Waals surface area contributed by atoms with Crippen molar-refractivity contribution in [2.24, 2.45) is 0 Å². The average molecular weight is 308 g/mol. The van der Waals surface area contributed by atoms with Gasteiger partial charge in [0.2, 0.25) is 11.8 Å². The molecule has 0 radical (unpaired) electrons. The summed E-state index contributed by atoms with van der Waals surface area (Å²) in [5, 5.41) is 14.1. The molecule has 0 aliphatic heterocycles. The largest absolute Gasteiger partial charge is 0.467 e. The minimum Gasteiger partial charge on any atom is -0.467 e. The van der Waals surface area contributed by atoms with Crippen LogP contribution in [0, 0.1) is 0 Å². The summed E-state index contributed by atoms with van der Waals surface area (Å²) >= 11 is 0. The lowest BCUT2D eigenvalue weighted by molar-refractivity contribution is -0.146. The van der Waals surface area contributed by atoms with Crippen molar-refractivity contribution in [1.82, 2.24) is 10.6 Å². The van der Waals surface area contributed by atoms with Crippen molar-refractivity contribution in [2.75, 3.05) is 13.7 Å². The molecule has 0 fully saturated rings. The lowest BCUT2D eigenvalue weighted by atomic mass is 10.0. The summed E-state index contributed by atoms with van der Waals surface area (Å²) < 4.78 is 4.47. The third kappa shape index (κ3) is 5.53. The van der Waals surface area contributed by atoms with Gasteiger partial charge in [-0.3, -0.25) is 9.59 Å². The first-order chi connectivity index (χ1) is 10.5. The summed E-state index contributed by atoms with van der Waals surface area (Å²) in [5.74, 6) is -1.48. The van der Waals surface area contributed by atoms with Gasteiger partial charge in [-0.1, -0.05) is 30.3 Å².